The van der Waals surface area contributed by atoms with Crippen molar-refractivity contribution in [2.24, 2.45) is 17.8 Å². The number of phenolic OH excluding ortho intramolecular Hbond substituents is 1. The summed E-state index contributed by atoms with van der Waals surface area (Å²) in [6.07, 6.45) is 0.965. The van der Waals surface area contributed by atoms with Gasteiger partial charge < -0.3 is 26.1 Å². The van der Waals surface area contributed by atoms with Crippen molar-refractivity contribution in [3.63, 3.8) is 0 Å². The van der Waals surface area contributed by atoms with Gasteiger partial charge in [0, 0.05) is 21.5 Å². The molecule has 3 unspecified atom stereocenters. The van der Waals surface area contributed by atoms with Crippen LogP contribution in [0.1, 0.15) is 52.7 Å². The van der Waals surface area contributed by atoms with Gasteiger partial charge in [-0.1, -0.05) is 30.3 Å². The molecule has 0 amide bonds. The van der Waals surface area contributed by atoms with Crippen LogP contribution in [0, 0.1) is 17.8 Å². The first-order valence-electron chi connectivity index (χ1n) is 13.2. The first-order chi connectivity index (χ1) is 18.5. The maximum atomic E-state index is 13.5. The van der Waals surface area contributed by atoms with E-state index in [0.717, 1.165) is 16.7 Å². The third kappa shape index (κ3) is 6.91. The van der Waals surface area contributed by atoms with E-state index >= 15 is 0 Å². The summed E-state index contributed by atoms with van der Waals surface area (Å²) in [6.45, 7) is 2.62. The first-order valence-corrected chi connectivity index (χ1v) is 13.2. The van der Waals surface area contributed by atoms with Crippen LogP contribution in [-0.4, -0.2) is 64.6 Å². The molecule has 2 aliphatic rings. The lowest BCUT2D eigenvalue weighted by atomic mass is 9.63. The van der Waals surface area contributed by atoms with Crippen LogP contribution in [0.15, 0.2) is 42.0 Å². The van der Waals surface area contributed by atoms with Gasteiger partial charge in [0.25, 0.3) is 0 Å². The molecule has 2 aliphatic carbocycles. The van der Waals surface area contributed by atoms with E-state index in [1.54, 1.807) is 6.07 Å². The lowest BCUT2D eigenvalue weighted by molar-refractivity contribution is -0.137. The summed E-state index contributed by atoms with van der Waals surface area (Å²) >= 11 is 0. The highest BCUT2D eigenvalue weighted by Gasteiger charge is 2.47. The summed E-state index contributed by atoms with van der Waals surface area (Å²) in [5, 5.41) is 34.3. The number of phenols is 1. The summed E-state index contributed by atoms with van der Waals surface area (Å²) in [4.78, 5) is 49.4. The minimum absolute atomic E-state index is 0. The molecule has 0 aromatic heterocycles. The van der Waals surface area contributed by atoms with Gasteiger partial charge in [0.2, 0.25) is 0 Å². The van der Waals surface area contributed by atoms with Gasteiger partial charge in [0.15, 0.2) is 11.6 Å². The highest BCUT2D eigenvalue weighted by atomic mass is 16.3. The van der Waals surface area contributed by atoms with E-state index in [1.165, 1.54) is 19.9 Å². The molecule has 9 nitrogen and oxygen atoms in total. The number of aliphatic hydroxyl groups is 2. The second kappa shape index (κ2) is 14.1. The number of ketones is 4. The summed E-state index contributed by atoms with van der Waals surface area (Å²) in [6, 6.07) is 10.7. The van der Waals surface area contributed by atoms with Crippen LogP contribution in [0.4, 0.5) is 0 Å². The van der Waals surface area contributed by atoms with E-state index in [2.05, 4.69) is 5.32 Å². The third-order valence-electron chi connectivity index (χ3n) is 7.24. The fourth-order valence-electron chi connectivity index (χ4n) is 5.77. The van der Waals surface area contributed by atoms with E-state index in [9.17, 15) is 34.5 Å². The zero-order valence-electron chi connectivity index (χ0n) is 23.4. The molecule has 220 valence electrons. The minimum Gasteiger partial charge on any atom is -0.507 e. The lowest BCUT2D eigenvalue weighted by Gasteiger charge is -2.39. The minimum atomic E-state index is -1.10. The molecule has 4 rings (SSSR count). The smallest absolute Gasteiger partial charge is 0.173 e. The Kier molecular flexibility index (Phi) is 11.5. The molecule has 0 bridgehead atoms. The van der Waals surface area contributed by atoms with Gasteiger partial charge in [-0.3, -0.25) is 19.2 Å². The van der Waals surface area contributed by atoms with E-state index in [-0.39, 0.29) is 67.9 Å². The summed E-state index contributed by atoms with van der Waals surface area (Å²) < 4.78 is 0. The van der Waals surface area contributed by atoms with Crippen molar-refractivity contribution in [1.82, 2.24) is 5.32 Å². The second-order valence-electron chi connectivity index (χ2n) is 10.4. The molecule has 2 aromatic carbocycles. The van der Waals surface area contributed by atoms with Crippen LogP contribution < -0.4 is 5.32 Å². The summed E-state index contributed by atoms with van der Waals surface area (Å²) in [5.74, 6) is -3.74. The molecule has 0 aliphatic heterocycles. The zero-order chi connectivity index (χ0) is 28.9. The molecule has 0 radical (unpaired) electrons. The van der Waals surface area contributed by atoms with Crippen LogP contribution >= 0.6 is 0 Å². The Morgan fingerprint density at radius 2 is 1.62 bits per heavy atom. The molecule has 40 heavy (non-hydrogen) atoms. The van der Waals surface area contributed by atoms with Crippen molar-refractivity contribution in [1.29, 1.82) is 0 Å². The SMILES string of the molecule is CC(=O)CC(=O)C1C(=O)C2=C(O)c3c(O)ccc(-c4ccc(CC(C)=O)cc4)c3CC2CC1CCO.CNC.O.[HH].[HH]. The van der Waals surface area contributed by atoms with E-state index in [1.807, 2.05) is 38.4 Å². The molecular formula is C31H43NO8. The summed E-state index contributed by atoms with van der Waals surface area (Å²) in [5.41, 5.74) is 3.52. The topological polar surface area (TPSA) is 172 Å². The number of aromatic hydroxyl groups is 1. The Hall–Kier alpha value is -3.66. The molecular weight excluding hydrogens is 514 g/mol. The molecule has 6 N–H and O–H groups in total. The van der Waals surface area contributed by atoms with Gasteiger partial charge in [-0.15, -0.1) is 0 Å². The van der Waals surface area contributed by atoms with Crippen molar-refractivity contribution < 1.29 is 42.8 Å². The Morgan fingerprint density at radius 1 is 1.00 bits per heavy atom. The van der Waals surface area contributed by atoms with Crippen LogP contribution in [0.2, 0.25) is 0 Å². The number of hydrogen-bond acceptors (Lipinski definition) is 8. The van der Waals surface area contributed by atoms with Crippen LogP contribution in [0.25, 0.3) is 16.9 Å². The monoisotopic (exact) mass is 557 g/mol. The highest BCUT2D eigenvalue weighted by molar-refractivity contribution is 6.17. The van der Waals surface area contributed by atoms with E-state index < -0.39 is 23.4 Å². The molecule has 3 atom stereocenters. The Bertz CT molecular complexity index is 1310. The van der Waals surface area contributed by atoms with E-state index in [0.29, 0.717) is 24.8 Å². The van der Waals surface area contributed by atoms with Crippen molar-refractivity contribution >= 4 is 28.9 Å². The number of fused-ring (bicyclic) bond motifs is 2. The molecule has 0 saturated heterocycles. The lowest BCUT2D eigenvalue weighted by Crippen LogP contribution is -2.43. The maximum Gasteiger partial charge on any atom is 0.173 e. The number of Topliss-reactive ketones (excluding diaryl/α,β-unsaturated/α-hetero) is 4. The van der Waals surface area contributed by atoms with Crippen LogP contribution in [0.5, 0.6) is 5.75 Å². The van der Waals surface area contributed by atoms with E-state index in [4.69, 9.17) is 0 Å². The molecule has 9 heteroatoms. The van der Waals surface area contributed by atoms with Crippen molar-refractivity contribution in [3.8, 4) is 16.9 Å². The Labute approximate surface area is 237 Å². The molecule has 2 aromatic rings. The summed E-state index contributed by atoms with van der Waals surface area (Å²) in [7, 11) is 3.75. The fourth-order valence-corrected chi connectivity index (χ4v) is 5.77. The fraction of sp³-hybridized carbons (Fsp3) is 0.419. The first kappa shape index (κ1) is 32.6. The normalized spacial score (nSPS) is 19.4. The number of allylic oxidation sites excluding steroid dienone is 1. The van der Waals surface area contributed by atoms with Gasteiger partial charge in [0.1, 0.15) is 23.1 Å². The highest BCUT2D eigenvalue weighted by Crippen LogP contribution is 2.49. The second-order valence-corrected chi connectivity index (χ2v) is 10.4. The predicted octanol–water partition coefficient (Wildman–Crippen LogP) is 3.27. The van der Waals surface area contributed by atoms with Gasteiger partial charge >= 0.3 is 0 Å². The Morgan fingerprint density at radius 3 is 2.17 bits per heavy atom. The van der Waals surface area contributed by atoms with Crippen molar-refractivity contribution in [2.45, 2.75) is 46.0 Å². The van der Waals surface area contributed by atoms with Gasteiger partial charge in [-0.25, -0.2) is 0 Å². The van der Waals surface area contributed by atoms with Crippen LogP contribution in [-0.2, 0) is 32.0 Å². The average Bonchev–Trinajstić information content (AvgIpc) is 2.84. The van der Waals surface area contributed by atoms with Crippen LogP contribution in [0.3, 0.4) is 0 Å². The maximum absolute atomic E-state index is 13.5. The van der Waals surface area contributed by atoms with Gasteiger partial charge in [-0.05, 0) is 87.4 Å². The zero-order valence-corrected chi connectivity index (χ0v) is 23.4. The van der Waals surface area contributed by atoms with Gasteiger partial charge in [-0.2, -0.15) is 0 Å². The molecule has 1 saturated carbocycles. The quantitative estimate of drug-likeness (QED) is 0.358. The van der Waals surface area contributed by atoms with Crippen molar-refractivity contribution in [2.75, 3.05) is 20.7 Å². The number of rotatable bonds is 8. The average molecular weight is 558 g/mol. The number of carbonyl (C=O) groups excluding carboxylic acids is 4. The predicted molar refractivity (Wildman–Crippen MR) is 156 cm³/mol. The largest absolute Gasteiger partial charge is 0.507 e. The molecule has 0 heterocycles. The number of carbonyl (C=O) groups is 4. The Balaban J connectivity index is 0.00000269. The van der Waals surface area contributed by atoms with Gasteiger partial charge in [0.05, 0.1) is 17.9 Å². The molecule has 1 fully saturated rings. The number of hydrogen-bond donors (Lipinski definition) is 4. The standard InChI is InChI=1S/C29H30O7.C2H7N.H2O.2H2/c1-15(31)11-17-3-5-18(6-4-17)21-7-8-23(33)27-22(21)14-20-13-19(9-10-30)25(24(34)12-16(2)32)28(35)26(20)29(27)36;1-3-2;;;/h3-8,19-20,25,30,33,36H,9-14H2,1-2H3;3H,1-2H3;1H2;2*1H. The third-order valence-corrected chi connectivity index (χ3v) is 7.24. The number of benzene rings is 2. The number of aliphatic hydroxyl groups excluding tert-OH is 2. The van der Waals surface area contributed by atoms with Crippen molar-refractivity contribution in [3.05, 3.63) is 58.7 Å². The molecule has 0 spiro atoms. The number of nitrogens with one attached hydrogen (secondary N) is 1.